The number of carbonyl (C=O) groups excluding carboxylic acids is 1. The molecule has 29 heavy (non-hydrogen) atoms. The van der Waals surface area contributed by atoms with E-state index in [4.69, 9.17) is 0 Å². The van der Waals surface area contributed by atoms with Crippen molar-refractivity contribution >= 4 is 23.4 Å². The van der Waals surface area contributed by atoms with Gasteiger partial charge < -0.3 is 9.88 Å². The normalized spacial score (nSPS) is 13.9. The lowest BCUT2D eigenvalue weighted by Crippen LogP contribution is -2.23. The van der Waals surface area contributed by atoms with Crippen LogP contribution in [0, 0.1) is 0 Å². The number of thioether (sulfide) groups is 1. The lowest BCUT2D eigenvalue weighted by molar-refractivity contribution is -0.115. The summed E-state index contributed by atoms with van der Waals surface area (Å²) in [4.78, 5) is 12.7. The Bertz CT molecular complexity index is 999. The Balaban J connectivity index is 1.42. The molecule has 2 aromatic carbocycles. The van der Waals surface area contributed by atoms with Gasteiger partial charge in [0, 0.05) is 18.7 Å². The second-order valence-electron chi connectivity index (χ2n) is 7.39. The van der Waals surface area contributed by atoms with Crippen LogP contribution in [0.1, 0.15) is 42.8 Å². The van der Waals surface area contributed by atoms with E-state index in [1.54, 1.807) is 0 Å². The highest BCUT2D eigenvalue weighted by Crippen LogP contribution is 2.27. The van der Waals surface area contributed by atoms with Crippen molar-refractivity contribution in [3.05, 3.63) is 71.0 Å². The molecule has 0 fully saturated rings. The van der Waals surface area contributed by atoms with E-state index in [1.807, 2.05) is 31.2 Å². The highest BCUT2D eigenvalue weighted by Gasteiger charge is 2.20. The molecule has 1 N–H and O–H groups in total. The van der Waals surface area contributed by atoms with Crippen molar-refractivity contribution < 1.29 is 4.79 Å². The fourth-order valence-electron chi connectivity index (χ4n) is 3.74. The summed E-state index contributed by atoms with van der Waals surface area (Å²) in [5.41, 5.74) is 4.85. The Labute approximate surface area is 175 Å². The first-order chi connectivity index (χ1) is 14.1. The fourth-order valence-corrected chi connectivity index (χ4v) is 4.67. The number of rotatable bonds is 7. The molecule has 4 rings (SSSR count). The highest BCUT2D eigenvalue weighted by atomic mass is 32.2. The van der Waals surface area contributed by atoms with Crippen molar-refractivity contribution in [2.24, 2.45) is 0 Å². The number of nitrogens with one attached hydrogen (secondary N) is 1. The molecule has 150 valence electrons. The van der Waals surface area contributed by atoms with Crippen molar-refractivity contribution in [3.8, 4) is 0 Å². The maximum atomic E-state index is 12.7. The zero-order chi connectivity index (χ0) is 20.2. The molecule has 0 unspecified atom stereocenters. The number of carbonyl (C=O) groups is 1. The van der Waals surface area contributed by atoms with E-state index >= 15 is 0 Å². The molecule has 1 aliphatic carbocycles. The third-order valence-corrected chi connectivity index (χ3v) is 6.41. The maximum absolute atomic E-state index is 12.7. The molecule has 0 spiro atoms. The van der Waals surface area contributed by atoms with Gasteiger partial charge in [0.05, 0.1) is 5.25 Å². The van der Waals surface area contributed by atoms with Crippen LogP contribution in [-0.2, 0) is 30.6 Å². The minimum absolute atomic E-state index is 0.0109. The number of aryl methyl sites for hydroxylation is 2. The fraction of sp³-hybridized carbons (Fsp3) is 0.348. The summed E-state index contributed by atoms with van der Waals surface area (Å²) >= 11 is 1.46. The van der Waals surface area contributed by atoms with Crippen LogP contribution in [0.15, 0.2) is 53.7 Å². The number of anilines is 1. The first-order valence-electron chi connectivity index (χ1n) is 10.2. The molecule has 1 atom stereocenters. The lowest BCUT2D eigenvalue weighted by atomic mass is 10.1. The largest absolute Gasteiger partial charge is 0.325 e. The monoisotopic (exact) mass is 406 g/mol. The smallest absolute Gasteiger partial charge is 0.237 e. The van der Waals surface area contributed by atoms with Crippen LogP contribution in [0.5, 0.6) is 0 Å². The summed E-state index contributed by atoms with van der Waals surface area (Å²) in [5, 5.41) is 12.3. The van der Waals surface area contributed by atoms with Crippen LogP contribution >= 0.6 is 11.8 Å². The zero-order valence-electron chi connectivity index (χ0n) is 16.9. The van der Waals surface area contributed by atoms with E-state index in [9.17, 15) is 4.79 Å². The maximum Gasteiger partial charge on any atom is 0.237 e. The van der Waals surface area contributed by atoms with Crippen LogP contribution in [0.2, 0.25) is 0 Å². The summed E-state index contributed by atoms with van der Waals surface area (Å²) in [7, 11) is 0. The minimum atomic E-state index is -0.262. The Hall–Kier alpha value is -2.60. The number of hydrogen-bond acceptors (Lipinski definition) is 4. The van der Waals surface area contributed by atoms with E-state index < -0.39 is 0 Å². The standard InChI is InChI=1S/C23H26N4OS/c1-3-27-21(14-17-8-5-4-6-9-17)25-26-23(27)29-16(2)22(28)24-20-13-12-18-10-7-11-19(18)15-20/h4-6,8-9,12-13,15-16H,3,7,10-11,14H2,1-2H3,(H,24,28)/t16-/m0/s1. The minimum Gasteiger partial charge on any atom is -0.325 e. The number of aromatic nitrogens is 3. The zero-order valence-corrected chi connectivity index (χ0v) is 17.7. The van der Waals surface area contributed by atoms with Crippen molar-refractivity contribution in [2.45, 2.75) is 56.5 Å². The molecule has 1 aromatic heterocycles. The average Bonchev–Trinajstić information content (AvgIpc) is 3.35. The van der Waals surface area contributed by atoms with Crippen LogP contribution < -0.4 is 5.32 Å². The number of benzene rings is 2. The van der Waals surface area contributed by atoms with Gasteiger partial charge in [-0.05, 0) is 61.9 Å². The van der Waals surface area contributed by atoms with Crippen molar-refractivity contribution in [3.63, 3.8) is 0 Å². The predicted octanol–water partition coefficient (Wildman–Crippen LogP) is 4.50. The van der Waals surface area contributed by atoms with Crippen LogP contribution in [0.4, 0.5) is 5.69 Å². The Morgan fingerprint density at radius 1 is 1.14 bits per heavy atom. The number of fused-ring (bicyclic) bond motifs is 1. The number of nitrogens with zero attached hydrogens (tertiary/aromatic N) is 3. The molecule has 1 amide bonds. The summed E-state index contributed by atoms with van der Waals surface area (Å²) in [6, 6.07) is 16.5. The van der Waals surface area contributed by atoms with E-state index in [2.05, 4.69) is 51.3 Å². The quantitative estimate of drug-likeness (QED) is 0.587. The van der Waals surface area contributed by atoms with Gasteiger partial charge in [0.25, 0.3) is 0 Å². The second-order valence-corrected chi connectivity index (χ2v) is 8.70. The van der Waals surface area contributed by atoms with Gasteiger partial charge in [-0.25, -0.2) is 0 Å². The predicted molar refractivity (Wildman–Crippen MR) is 117 cm³/mol. The van der Waals surface area contributed by atoms with E-state index in [0.717, 1.165) is 42.5 Å². The molecule has 1 aliphatic rings. The SMILES string of the molecule is CCn1c(Cc2ccccc2)nnc1S[C@@H](C)C(=O)Nc1ccc2c(c1)CCC2. The van der Waals surface area contributed by atoms with Crippen molar-refractivity contribution in [1.82, 2.24) is 14.8 Å². The van der Waals surface area contributed by atoms with Gasteiger partial charge in [0.2, 0.25) is 5.91 Å². The molecule has 6 heteroatoms. The third kappa shape index (κ3) is 4.53. The Morgan fingerprint density at radius 3 is 2.72 bits per heavy atom. The Kier molecular flexibility index (Phi) is 6.00. The molecular weight excluding hydrogens is 380 g/mol. The molecule has 3 aromatic rings. The second kappa shape index (κ2) is 8.82. The molecule has 1 heterocycles. The molecular formula is C23H26N4OS. The molecule has 0 saturated heterocycles. The van der Waals surface area contributed by atoms with Gasteiger partial charge in [-0.1, -0.05) is 48.2 Å². The van der Waals surface area contributed by atoms with Crippen molar-refractivity contribution in [2.75, 3.05) is 5.32 Å². The third-order valence-electron chi connectivity index (χ3n) is 5.33. The first kappa shape index (κ1) is 19.7. The van der Waals surface area contributed by atoms with Crippen LogP contribution in [-0.4, -0.2) is 25.9 Å². The van der Waals surface area contributed by atoms with E-state index in [1.165, 1.54) is 34.9 Å². The average molecular weight is 407 g/mol. The first-order valence-corrected chi connectivity index (χ1v) is 11.1. The molecule has 0 bridgehead atoms. The molecule has 0 radical (unpaired) electrons. The van der Waals surface area contributed by atoms with Crippen LogP contribution in [0.25, 0.3) is 0 Å². The van der Waals surface area contributed by atoms with E-state index in [-0.39, 0.29) is 11.2 Å². The summed E-state index contributed by atoms with van der Waals surface area (Å²) < 4.78 is 2.09. The number of amides is 1. The van der Waals surface area contributed by atoms with Gasteiger partial charge in [0.1, 0.15) is 5.82 Å². The topological polar surface area (TPSA) is 59.8 Å². The Morgan fingerprint density at radius 2 is 1.93 bits per heavy atom. The van der Waals surface area contributed by atoms with Gasteiger partial charge in [-0.15, -0.1) is 10.2 Å². The van der Waals surface area contributed by atoms with Gasteiger partial charge in [0.15, 0.2) is 5.16 Å². The van der Waals surface area contributed by atoms with E-state index in [0.29, 0.717) is 0 Å². The van der Waals surface area contributed by atoms with Gasteiger partial charge >= 0.3 is 0 Å². The number of hydrogen-bond donors (Lipinski definition) is 1. The van der Waals surface area contributed by atoms with Crippen LogP contribution in [0.3, 0.4) is 0 Å². The highest BCUT2D eigenvalue weighted by molar-refractivity contribution is 8.00. The summed E-state index contributed by atoms with van der Waals surface area (Å²) in [5.74, 6) is 0.913. The van der Waals surface area contributed by atoms with Crippen molar-refractivity contribution in [1.29, 1.82) is 0 Å². The molecule has 5 nitrogen and oxygen atoms in total. The summed E-state index contributed by atoms with van der Waals surface area (Å²) in [6.07, 6.45) is 4.19. The van der Waals surface area contributed by atoms with Gasteiger partial charge in [-0.3, -0.25) is 4.79 Å². The molecule has 0 saturated carbocycles. The lowest BCUT2D eigenvalue weighted by Gasteiger charge is -2.13. The summed E-state index contributed by atoms with van der Waals surface area (Å²) in [6.45, 7) is 4.77. The van der Waals surface area contributed by atoms with Gasteiger partial charge in [-0.2, -0.15) is 0 Å². The molecule has 0 aliphatic heterocycles.